The fraction of sp³-hybridized carbons (Fsp3) is 0.615. The Morgan fingerprint density at radius 1 is 0.865 bits per heavy atom. The zero-order valence-corrected chi connectivity index (χ0v) is 30.6. The molecule has 0 spiro atoms. The quantitative estimate of drug-likeness (QED) is 0.1000. The molecule has 0 heterocycles. The second kappa shape index (κ2) is 19.2. The van der Waals surface area contributed by atoms with E-state index < -0.39 is 90.7 Å². The molecule has 0 aromatic heterocycles. The number of carbonyl (C=O) groups is 3. The van der Waals surface area contributed by atoms with Crippen molar-refractivity contribution in [2.45, 2.75) is 122 Å². The van der Waals surface area contributed by atoms with Crippen molar-refractivity contribution in [1.29, 1.82) is 0 Å². The molecule has 0 amide bonds. The van der Waals surface area contributed by atoms with Gasteiger partial charge in [-0.3, -0.25) is 14.4 Å². The smallest absolute Gasteiger partial charge is 0.307 e. The SMILES string of the molecule is C=C/C=C(C)/C=C/C=C(C)/C=C/C1=C(C)C(=O)C(OC(=O)CCC(=O)OCC2CC(O)C(O)C(O)C2OC2CC(CO)C(O)C(O)C2O)CC1(C)C. The number of rotatable bonds is 14. The Morgan fingerprint density at radius 3 is 2.17 bits per heavy atom. The number of ether oxygens (including phenoxy) is 3. The highest BCUT2D eigenvalue weighted by molar-refractivity contribution is 6.01. The molecule has 3 aliphatic rings. The van der Waals surface area contributed by atoms with Gasteiger partial charge in [0.2, 0.25) is 0 Å². The minimum atomic E-state index is -1.66. The highest BCUT2D eigenvalue weighted by Crippen LogP contribution is 2.41. The fourth-order valence-electron chi connectivity index (χ4n) is 6.99. The molecule has 13 heteroatoms. The molecule has 2 fully saturated rings. The molecule has 13 nitrogen and oxygen atoms in total. The number of hydrogen-bond acceptors (Lipinski definition) is 13. The van der Waals surface area contributed by atoms with Gasteiger partial charge < -0.3 is 50.0 Å². The second-order valence-corrected chi connectivity index (χ2v) is 14.7. The average Bonchev–Trinajstić information content (AvgIpc) is 3.08. The van der Waals surface area contributed by atoms with Crippen LogP contribution < -0.4 is 0 Å². The molecule has 2 saturated carbocycles. The Hall–Kier alpha value is -3.27. The predicted molar refractivity (Wildman–Crippen MR) is 190 cm³/mol. The van der Waals surface area contributed by atoms with Gasteiger partial charge in [-0.25, -0.2) is 0 Å². The Balaban J connectivity index is 1.57. The summed E-state index contributed by atoms with van der Waals surface area (Å²) in [6, 6.07) is 0. The van der Waals surface area contributed by atoms with E-state index in [0.29, 0.717) is 5.57 Å². The molecule has 0 aromatic rings. The lowest BCUT2D eigenvalue weighted by Crippen LogP contribution is -2.60. The lowest BCUT2D eigenvalue weighted by atomic mass is 9.71. The highest BCUT2D eigenvalue weighted by atomic mass is 16.6. The first-order valence-corrected chi connectivity index (χ1v) is 17.7. The van der Waals surface area contributed by atoms with Crippen LogP contribution in [0.2, 0.25) is 0 Å². The van der Waals surface area contributed by atoms with Gasteiger partial charge in [0.15, 0.2) is 11.9 Å². The van der Waals surface area contributed by atoms with Gasteiger partial charge in [-0.1, -0.05) is 74.1 Å². The lowest BCUT2D eigenvalue weighted by molar-refractivity contribution is -0.238. The van der Waals surface area contributed by atoms with E-state index in [0.717, 1.165) is 16.7 Å². The van der Waals surface area contributed by atoms with Crippen LogP contribution in [0.3, 0.4) is 0 Å². The van der Waals surface area contributed by atoms with Crippen molar-refractivity contribution in [3.63, 3.8) is 0 Å². The first-order valence-electron chi connectivity index (χ1n) is 17.7. The van der Waals surface area contributed by atoms with E-state index >= 15 is 0 Å². The van der Waals surface area contributed by atoms with Crippen LogP contribution >= 0.6 is 0 Å². The molecule has 52 heavy (non-hydrogen) atoms. The minimum Gasteiger partial charge on any atom is -0.465 e. The molecule has 0 radical (unpaired) electrons. The van der Waals surface area contributed by atoms with Crippen molar-refractivity contribution in [3.05, 3.63) is 71.4 Å². The Bertz CT molecular complexity index is 1440. The number of Topliss-reactive ketones (excluding diaryl/α,β-unsaturated/α-hetero) is 1. The van der Waals surface area contributed by atoms with Crippen molar-refractivity contribution in [2.24, 2.45) is 17.3 Å². The molecule has 0 bridgehead atoms. The van der Waals surface area contributed by atoms with E-state index in [-0.39, 0.29) is 44.5 Å². The summed E-state index contributed by atoms with van der Waals surface area (Å²) in [6.07, 6.45) is -0.186. The largest absolute Gasteiger partial charge is 0.465 e. The van der Waals surface area contributed by atoms with E-state index in [4.69, 9.17) is 14.2 Å². The van der Waals surface area contributed by atoms with Crippen LogP contribution in [0.25, 0.3) is 0 Å². The molecule has 7 N–H and O–H groups in total. The van der Waals surface area contributed by atoms with E-state index in [1.165, 1.54) is 0 Å². The molecule has 11 unspecified atom stereocenters. The first kappa shape index (κ1) is 43.1. The Labute approximate surface area is 305 Å². The maximum atomic E-state index is 13.2. The maximum absolute atomic E-state index is 13.2. The predicted octanol–water partition coefficient (Wildman–Crippen LogP) is 1.68. The molecule has 3 rings (SSSR count). The van der Waals surface area contributed by atoms with Crippen LogP contribution in [0.1, 0.15) is 66.7 Å². The number of aliphatic hydroxyl groups excluding tert-OH is 7. The third-order valence-electron chi connectivity index (χ3n) is 10.1. The summed E-state index contributed by atoms with van der Waals surface area (Å²) in [5.41, 5.74) is 2.85. The molecule has 290 valence electrons. The van der Waals surface area contributed by atoms with Crippen LogP contribution in [-0.4, -0.2) is 122 Å². The van der Waals surface area contributed by atoms with Crippen molar-refractivity contribution in [3.8, 4) is 0 Å². The molecule has 0 aliphatic heterocycles. The minimum absolute atomic E-state index is 0.0793. The fourth-order valence-corrected chi connectivity index (χ4v) is 6.99. The maximum Gasteiger partial charge on any atom is 0.307 e. The van der Waals surface area contributed by atoms with Gasteiger partial charge in [-0.05, 0) is 50.2 Å². The summed E-state index contributed by atoms with van der Waals surface area (Å²) in [4.78, 5) is 38.7. The number of hydrogen-bond donors (Lipinski definition) is 7. The Kier molecular flexibility index (Phi) is 15.9. The first-order chi connectivity index (χ1) is 24.4. The van der Waals surface area contributed by atoms with E-state index in [2.05, 4.69) is 6.58 Å². The normalized spacial score (nSPS) is 34.5. The monoisotopic (exact) mass is 732 g/mol. The van der Waals surface area contributed by atoms with Gasteiger partial charge >= 0.3 is 11.9 Å². The topological polar surface area (TPSA) is 221 Å². The number of ketones is 1. The van der Waals surface area contributed by atoms with Crippen molar-refractivity contribution in [1.82, 2.24) is 0 Å². The summed E-state index contributed by atoms with van der Waals surface area (Å²) < 4.78 is 16.8. The molecular weight excluding hydrogens is 676 g/mol. The van der Waals surface area contributed by atoms with Crippen molar-refractivity contribution in [2.75, 3.05) is 13.2 Å². The zero-order chi connectivity index (χ0) is 38.9. The zero-order valence-electron chi connectivity index (χ0n) is 30.6. The van der Waals surface area contributed by atoms with E-state index in [1.807, 2.05) is 64.2 Å². The summed E-state index contributed by atoms with van der Waals surface area (Å²) >= 11 is 0. The number of carbonyl (C=O) groups excluding carboxylic acids is 3. The molecule has 0 aromatic carbocycles. The van der Waals surface area contributed by atoms with Gasteiger partial charge in [0.25, 0.3) is 0 Å². The number of allylic oxidation sites excluding steroid dienone is 10. The van der Waals surface area contributed by atoms with Crippen LogP contribution in [0, 0.1) is 17.3 Å². The summed E-state index contributed by atoms with van der Waals surface area (Å²) in [6.45, 7) is 12.3. The number of aliphatic hydroxyl groups is 7. The molecule has 0 saturated heterocycles. The standard InChI is InChI=1S/C39H56O13/c1-7-9-21(2)10-8-11-22(3)12-13-26-23(4)32(44)29(18-39(26,5)6)51-31(43)15-14-30(42)50-20-25-16-27(41)34(46)37(49)38(25)52-28-17-24(19-40)33(45)36(48)35(28)47/h7-13,24-25,27-29,33-38,40-41,45-49H,1,14-20H2,2-6H3/b10-8+,13-12+,21-9+,22-11+. The van der Waals surface area contributed by atoms with Crippen LogP contribution in [0.5, 0.6) is 0 Å². The van der Waals surface area contributed by atoms with Crippen LogP contribution in [0.4, 0.5) is 0 Å². The third-order valence-corrected chi connectivity index (χ3v) is 10.1. The van der Waals surface area contributed by atoms with Crippen molar-refractivity contribution < 1.29 is 64.3 Å². The van der Waals surface area contributed by atoms with Crippen LogP contribution in [0.15, 0.2) is 71.4 Å². The highest BCUT2D eigenvalue weighted by Gasteiger charge is 2.49. The van der Waals surface area contributed by atoms with Gasteiger partial charge in [-0.15, -0.1) is 0 Å². The van der Waals surface area contributed by atoms with Gasteiger partial charge in [0, 0.05) is 24.9 Å². The third kappa shape index (κ3) is 11.1. The van der Waals surface area contributed by atoms with Crippen LogP contribution in [-0.2, 0) is 28.6 Å². The van der Waals surface area contributed by atoms with Gasteiger partial charge in [0.05, 0.1) is 43.9 Å². The van der Waals surface area contributed by atoms with Gasteiger partial charge in [0.1, 0.15) is 24.4 Å². The molecule has 11 atom stereocenters. The van der Waals surface area contributed by atoms with E-state index in [9.17, 15) is 50.1 Å². The van der Waals surface area contributed by atoms with E-state index in [1.54, 1.807) is 13.0 Å². The van der Waals surface area contributed by atoms with Crippen molar-refractivity contribution >= 4 is 17.7 Å². The summed E-state index contributed by atoms with van der Waals surface area (Å²) in [7, 11) is 0. The summed E-state index contributed by atoms with van der Waals surface area (Å²) in [5.74, 6) is -3.58. The molecular formula is C39H56O13. The second-order valence-electron chi connectivity index (χ2n) is 14.7. The lowest BCUT2D eigenvalue weighted by Gasteiger charge is -2.45. The van der Waals surface area contributed by atoms with Gasteiger partial charge in [-0.2, -0.15) is 0 Å². The number of esters is 2. The molecule has 3 aliphatic carbocycles. The average molecular weight is 733 g/mol. The summed E-state index contributed by atoms with van der Waals surface area (Å²) in [5, 5.41) is 71.7. The Morgan fingerprint density at radius 2 is 1.52 bits per heavy atom.